The van der Waals surface area contributed by atoms with Crippen LogP contribution in [0, 0.1) is 11.3 Å². The van der Waals surface area contributed by atoms with Gasteiger partial charge in [0, 0.05) is 11.7 Å². The zero-order chi connectivity index (χ0) is 12.5. The number of ether oxygens (including phenoxy) is 1. The van der Waals surface area contributed by atoms with Crippen molar-refractivity contribution < 1.29 is 14.9 Å². The number of thioether (sulfide) groups is 1. The van der Waals surface area contributed by atoms with Crippen LogP contribution in [0.5, 0.6) is 0 Å². The van der Waals surface area contributed by atoms with Crippen LogP contribution in [0.1, 0.15) is 27.7 Å². The van der Waals surface area contributed by atoms with Crippen molar-refractivity contribution in [2.24, 2.45) is 11.3 Å². The van der Waals surface area contributed by atoms with Crippen LogP contribution in [0.3, 0.4) is 0 Å². The molecule has 4 heteroatoms. The van der Waals surface area contributed by atoms with E-state index in [1.807, 2.05) is 13.2 Å². The molecule has 0 aromatic carbocycles. The Kier molecular flexibility index (Phi) is 4.69. The van der Waals surface area contributed by atoms with E-state index in [2.05, 4.69) is 20.8 Å². The molecule has 2 N–H and O–H groups in total. The van der Waals surface area contributed by atoms with Crippen LogP contribution in [0.25, 0.3) is 0 Å². The summed E-state index contributed by atoms with van der Waals surface area (Å²) < 4.78 is 5.87. The van der Waals surface area contributed by atoms with Gasteiger partial charge >= 0.3 is 0 Å². The van der Waals surface area contributed by atoms with Gasteiger partial charge < -0.3 is 14.9 Å². The normalized spacial score (nSPS) is 41.1. The minimum absolute atomic E-state index is 0.107. The zero-order valence-corrected chi connectivity index (χ0v) is 11.6. The van der Waals surface area contributed by atoms with Gasteiger partial charge in [-0.05, 0) is 11.7 Å². The molecule has 0 aromatic heterocycles. The molecular weight excluding hydrogens is 224 g/mol. The molecule has 0 radical (unpaired) electrons. The monoisotopic (exact) mass is 248 g/mol. The lowest BCUT2D eigenvalue weighted by molar-refractivity contribution is -0.216. The van der Waals surface area contributed by atoms with Crippen molar-refractivity contribution >= 4 is 11.8 Å². The van der Waals surface area contributed by atoms with Gasteiger partial charge in [-0.25, -0.2) is 0 Å². The minimum Gasteiger partial charge on any atom is -0.390 e. The summed E-state index contributed by atoms with van der Waals surface area (Å²) >= 11 is 1.66. The van der Waals surface area contributed by atoms with Crippen LogP contribution in [-0.4, -0.2) is 46.6 Å². The summed E-state index contributed by atoms with van der Waals surface area (Å²) in [7, 11) is 0. The van der Waals surface area contributed by atoms with E-state index in [4.69, 9.17) is 4.74 Å². The number of aliphatic hydroxyl groups excluding tert-OH is 2. The third-order valence-corrected chi connectivity index (χ3v) is 3.94. The quantitative estimate of drug-likeness (QED) is 0.778. The first-order valence-corrected chi connectivity index (χ1v) is 7.19. The molecule has 0 amide bonds. The molecule has 16 heavy (non-hydrogen) atoms. The lowest BCUT2D eigenvalue weighted by Crippen LogP contribution is -2.57. The second-order valence-corrected chi connectivity index (χ2v) is 6.67. The van der Waals surface area contributed by atoms with E-state index in [0.29, 0.717) is 0 Å². The summed E-state index contributed by atoms with van der Waals surface area (Å²) in [6.45, 7) is 8.06. The Morgan fingerprint density at radius 1 is 1.19 bits per heavy atom. The van der Waals surface area contributed by atoms with Gasteiger partial charge in [0.15, 0.2) is 0 Å². The fourth-order valence-electron chi connectivity index (χ4n) is 2.18. The van der Waals surface area contributed by atoms with Gasteiger partial charge in [-0.2, -0.15) is 11.8 Å². The maximum absolute atomic E-state index is 10.1. The van der Waals surface area contributed by atoms with Crippen molar-refractivity contribution in [2.45, 2.75) is 52.1 Å². The maximum atomic E-state index is 10.1. The Bertz CT molecular complexity index is 227. The maximum Gasteiger partial charge on any atom is 0.0932 e. The van der Waals surface area contributed by atoms with E-state index in [9.17, 15) is 10.2 Å². The Balaban J connectivity index is 2.81. The molecule has 0 spiro atoms. The Morgan fingerprint density at radius 2 is 1.75 bits per heavy atom. The SMILES string of the molecule is CSC[C@H]1O[C@@H](C(C)(C)C)[C@H](O)[C@@H](C)[C@@H]1O. The summed E-state index contributed by atoms with van der Waals surface area (Å²) in [5, 5.41) is 20.2. The van der Waals surface area contributed by atoms with Gasteiger partial charge in [0.05, 0.1) is 24.4 Å². The number of hydrogen-bond donors (Lipinski definition) is 2. The molecule has 1 aliphatic rings. The van der Waals surface area contributed by atoms with E-state index >= 15 is 0 Å². The third-order valence-electron chi connectivity index (χ3n) is 3.27. The first kappa shape index (κ1) is 14.3. The highest BCUT2D eigenvalue weighted by atomic mass is 32.2. The standard InChI is InChI=1S/C12H24O3S/c1-7-9(13)8(6-16-5)15-11(10(7)14)12(2,3)4/h7-11,13-14H,6H2,1-5H3/t7-,8+,9-,10+,11+/m0/s1. The average Bonchev–Trinajstić information content (AvgIpc) is 2.17. The van der Waals surface area contributed by atoms with Crippen molar-refractivity contribution in [3.63, 3.8) is 0 Å². The van der Waals surface area contributed by atoms with Gasteiger partial charge in [0.1, 0.15) is 0 Å². The van der Waals surface area contributed by atoms with Gasteiger partial charge in [-0.1, -0.05) is 27.7 Å². The predicted octanol–water partition coefficient (Wildman–Crippen LogP) is 1.52. The first-order valence-electron chi connectivity index (χ1n) is 5.79. The fraction of sp³-hybridized carbons (Fsp3) is 1.00. The van der Waals surface area contributed by atoms with Crippen molar-refractivity contribution in [2.75, 3.05) is 12.0 Å². The lowest BCUT2D eigenvalue weighted by atomic mass is 9.77. The molecule has 5 atom stereocenters. The summed E-state index contributed by atoms with van der Waals surface area (Å²) in [5.41, 5.74) is -0.107. The van der Waals surface area contributed by atoms with Gasteiger partial charge in [-0.3, -0.25) is 0 Å². The molecule has 96 valence electrons. The van der Waals surface area contributed by atoms with Crippen molar-refractivity contribution in [3.05, 3.63) is 0 Å². The van der Waals surface area contributed by atoms with E-state index in [1.54, 1.807) is 11.8 Å². The molecule has 1 saturated heterocycles. The van der Waals surface area contributed by atoms with Crippen LogP contribution in [0.4, 0.5) is 0 Å². The van der Waals surface area contributed by atoms with E-state index in [0.717, 1.165) is 5.75 Å². The van der Waals surface area contributed by atoms with Crippen molar-refractivity contribution in [1.29, 1.82) is 0 Å². The van der Waals surface area contributed by atoms with Gasteiger partial charge in [0.2, 0.25) is 0 Å². The highest BCUT2D eigenvalue weighted by Gasteiger charge is 2.46. The highest BCUT2D eigenvalue weighted by molar-refractivity contribution is 7.98. The highest BCUT2D eigenvalue weighted by Crippen LogP contribution is 2.36. The predicted molar refractivity (Wildman–Crippen MR) is 67.7 cm³/mol. The van der Waals surface area contributed by atoms with E-state index in [1.165, 1.54) is 0 Å². The lowest BCUT2D eigenvalue weighted by Gasteiger charge is -2.46. The third kappa shape index (κ3) is 2.92. The average molecular weight is 248 g/mol. The fourth-order valence-corrected chi connectivity index (χ4v) is 2.79. The smallest absolute Gasteiger partial charge is 0.0932 e. The van der Waals surface area contributed by atoms with Gasteiger partial charge in [0.25, 0.3) is 0 Å². The van der Waals surface area contributed by atoms with Crippen LogP contribution in [0.15, 0.2) is 0 Å². The molecule has 0 saturated carbocycles. The van der Waals surface area contributed by atoms with Gasteiger partial charge in [-0.15, -0.1) is 0 Å². The molecular formula is C12H24O3S. The van der Waals surface area contributed by atoms with E-state index in [-0.39, 0.29) is 23.5 Å². The summed E-state index contributed by atoms with van der Waals surface area (Å²) in [6.07, 6.45) is 0.465. The Hall–Kier alpha value is 0.230. The minimum atomic E-state index is -0.590. The molecule has 1 fully saturated rings. The van der Waals surface area contributed by atoms with Crippen LogP contribution < -0.4 is 0 Å². The Morgan fingerprint density at radius 3 is 2.19 bits per heavy atom. The van der Waals surface area contributed by atoms with Crippen LogP contribution in [-0.2, 0) is 4.74 Å². The molecule has 0 aliphatic carbocycles. The summed E-state index contributed by atoms with van der Waals surface area (Å²) in [4.78, 5) is 0. The van der Waals surface area contributed by atoms with Crippen LogP contribution in [0.2, 0.25) is 0 Å². The molecule has 0 bridgehead atoms. The molecule has 1 aliphatic heterocycles. The topological polar surface area (TPSA) is 49.7 Å². The van der Waals surface area contributed by atoms with E-state index < -0.39 is 12.2 Å². The molecule has 3 nitrogen and oxygen atoms in total. The molecule has 0 unspecified atom stereocenters. The van der Waals surface area contributed by atoms with Crippen LogP contribution >= 0.6 is 11.8 Å². The first-order chi connectivity index (χ1) is 7.29. The van der Waals surface area contributed by atoms with Crippen molar-refractivity contribution in [3.8, 4) is 0 Å². The number of aliphatic hydroxyl groups is 2. The Labute approximate surface area is 103 Å². The largest absolute Gasteiger partial charge is 0.390 e. The van der Waals surface area contributed by atoms with Crippen molar-refractivity contribution in [1.82, 2.24) is 0 Å². The number of hydrogen-bond acceptors (Lipinski definition) is 4. The molecule has 0 aromatic rings. The second kappa shape index (κ2) is 5.25. The number of rotatable bonds is 2. The molecule has 1 heterocycles. The second-order valence-electron chi connectivity index (χ2n) is 5.76. The zero-order valence-electron chi connectivity index (χ0n) is 10.8. The summed E-state index contributed by atoms with van der Waals surface area (Å²) in [6, 6.07) is 0. The molecule has 1 rings (SSSR count). The summed E-state index contributed by atoms with van der Waals surface area (Å²) in [5.74, 6) is 0.639.